The third-order valence-corrected chi connectivity index (χ3v) is 3.79. The molecule has 22 heavy (non-hydrogen) atoms. The summed E-state index contributed by atoms with van der Waals surface area (Å²) < 4.78 is 5.97. The van der Waals surface area contributed by atoms with Crippen LogP contribution in [-0.4, -0.2) is 16.6 Å². The minimum Gasteiger partial charge on any atom is -0.493 e. The molecule has 0 bridgehead atoms. The Morgan fingerprint density at radius 1 is 0.955 bits per heavy atom. The minimum absolute atomic E-state index is 0.761. The van der Waals surface area contributed by atoms with E-state index in [1.54, 1.807) is 0 Å². The monoisotopic (exact) mass is 294 g/mol. The van der Waals surface area contributed by atoms with Crippen molar-refractivity contribution in [3.05, 3.63) is 48.5 Å². The van der Waals surface area contributed by atoms with Crippen LogP contribution in [0.15, 0.2) is 48.5 Å². The van der Waals surface area contributed by atoms with Gasteiger partial charge in [-0.05, 0) is 30.7 Å². The van der Waals surface area contributed by atoms with E-state index < -0.39 is 0 Å². The van der Waals surface area contributed by atoms with Gasteiger partial charge in [-0.3, -0.25) is 0 Å². The average molecular weight is 294 g/mol. The molecule has 3 nitrogen and oxygen atoms in total. The van der Waals surface area contributed by atoms with Crippen molar-refractivity contribution in [1.29, 1.82) is 0 Å². The smallest absolute Gasteiger partial charge is 0.142 e. The van der Waals surface area contributed by atoms with E-state index in [1.807, 2.05) is 42.5 Å². The molecular formula is C19H22N2O. The lowest BCUT2D eigenvalue weighted by Crippen LogP contribution is -1.99. The van der Waals surface area contributed by atoms with Gasteiger partial charge < -0.3 is 9.72 Å². The Hall–Kier alpha value is -2.29. The summed E-state index contributed by atoms with van der Waals surface area (Å²) in [6, 6.07) is 16.2. The van der Waals surface area contributed by atoms with Crippen molar-refractivity contribution in [1.82, 2.24) is 9.97 Å². The number of benzene rings is 2. The molecule has 1 heterocycles. The molecule has 0 amide bonds. The summed E-state index contributed by atoms with van der Waals surface area (Å²) in [6.07, 6.45) is 4.84. The summed E-state index contributed by atoms with van der Waals surface area (Å²) in [5.41, 5.74) is 3.06. The summed E-state index contributed by atoms with van der Waals surface area (Å²) in [5, 5.41) is 0. The highest BCUT2D eigenvalue weighted by Gasteiger charge is 2.10. The number of fused-ring (bicyclic) bond motifs is 1. The minimum atomic E-state index is 0.761. The lowest BCUT2D eigenvalue weighted by Gasteiger charge is -2.09. The van der Waals surface area contributed by atoms with Crippen molar-refractivity contribution in [2.24, 2.45) is 0 Å². The molecule has 114 valence electrons. The second-order valence-corrected chi connectivity index (χ2v) is 5.51. The fraction of sp³-hybridized carbons (Fsp3) is 0.316. The van der Waals surface area contributed by atoms with Crippen LogP contribution in [-0.2, 0) is 0 Å². The predicted molar refractivity (Wildman–Crippen MR) is 91.2 cm³/mol. The van der Waals surface area contributed by atoms with Gasteiger partial charge in [-0.25, -0.2) is 4.98 Å². The number of nitrogens with one attached hydrogen (secondary N) is 1. The Labute approximate surface area is 131 Å². The van der Waals surface area contributed by atoms with Crippen molar-refractivity contribution in [2.75, 3.05) is 6.61 Å². The zero-order valence-electron chi connectivity index (χ0n) is 13.0. The maximum Gasteiger partial charge on any atom is 0.142 e. The zero-order chi connectivity index (χ0) is 15.2. The van der Waals surface area contributed by atoms with Crippen LogP contribution in [0.4, 0.5) is 0 Å². The van der Waals surface area contributed by atoms with Gasteiger partial charge in [0.25, 0.3) is 0 Å². The third kappa shape index (κ3) is 3.30. The molecule has 0 aliphatic carbocycles. The van der Waals surface area contributed by atoms with Gasteiger partial charge in [0.05, 0.1) is 23.2 Å². The van der Waals surface area contributed by atoms with Gasteiger partial charge in [-0.15, -0.1) is 0 Å². The number of aromatic amines is 1. The lowest BCUT2D eigenvalue weighted by molar-refractivity contribution is 0.306. The van der Waals surface area contributed by atoms with Crippen LogP contribution in [0.5, 0.6) is 5.75 Å². The number of hydrogen-bond acceptors (Lipinski definition) is 2. The average Bonchev–Trinajstić information content (AvgIpc) is 2.99. The van der Waals surface area contributed by atoms with E-state index in [0.717, 1.165) is 41.2 Å². The molecule has 0 aliphatic heterocycles. The summed E-state index contributed by atoms with van der Waals surface area (Å²) in [4.78, 5) is 8.04. The number of rotatable bonds is 7. The standard InChI is InChI=1S/C19H22N2O/c1-2-3-4-9-14-22-18-13-8-5-10-15(18)19-20-16-11-6-7-12-17(16)21-19/h5-8,10-13H,2-4,9,14H2,1H3,(H,20,21). The van der Waals surface area contributed by atoms with E-state index in [-0.39, 0.29) is 0 Å². The van der Waals surface area contributed by atoms with Crippen molar-refractivity contribution < 1.29 is 4.74 Å². The quantitative estimate of drug-likeness (QED) is 0.609. The number of hydrogen-bond donors (Lipinski definition) is 1. The Kier molecular flexibility index (Phi) is 4.74. The second kappa shape index (κ2) is 7.12. The molecule has 0 saturated heterocycles. The van der Waals surface area contributed by atoms with Gasteiger partial charge in [-0.1, -0.05) is 50.5 Å². The normalized spacial score (nSPS) is 11.0. The summed E-state index contributed by atoms with van der Waals surface area (Å²) >= 11 is 0. The van der Waals surface area contributed by atoms with Crippen molar-refractivity contribution >= 4 is 11.0 Å². The Balaban J connectivity index is 1.78. The Bertz CT molecular complexity index is 700. The summed E-state index contributed by atoms with van der Waals surface area (Å²) in [6.45, 7) is 2.98. The molecule has 3 heteroatoms. The van der Waals surface area contributed by atoms with Crippen molar-refractivity contribution in [2.45, 2.75) is 32.6 Å². The van der Waals surface area contributed by atoms with Gasteiger partial charge in [0, 0.05) is 0 Å². The maximum absolute atomic E-state index is 5.97. The van der Waals surface area contributed by atoms with Crippen molar-refractivity contribution in [3.63, 3.8) is 0 Å². The van der Waals surface area contributed by atoms with E-state index in [0.29, 0.717) is 0 Å². The van der Waals surface area contributed by atoms with Crippen LogP contribution in [0.3, 0.4) is 0 Å². The number of nitrogens with zero attached hydrogens (tertiary/aromatic N) is 1. The largest absolute Gasteiger partial charge is 0.493 e. The zero-order valence-corrected chi connectivity index (χ0v) is 13.0. The summed E-state index contributed by atoms with van der Waals surface area (Å²) in [7, 11) is 0. The Morgan fingerprint density at radius 3 is 2.64 bits per heavy atom. The number of ether oxygens (including phenoxy) is 1. The van der Waals surface area contributed by atoms with Crippen LogP contribution < -0.4 is 4.74 Å². The van der Waals surface area contributed by atoms with Gasteiger partial charge in [0.2, 0.25) is 0 Å². The van der Waals surface area contributed by atoms with Crippen LogP contribution in [0.25, 0.3) is 22.4 Å². The van der Waals surface area contributed by atoms with Crippen LogP contribution >= 0.6 is 0 Å². The highest BCUT2D eigenvalue weighted by molar-refractivity contribution is 5.80. The molecule has 0 atom stereocenters. The molecule has 3 aromatic rings. The molecule has 0 aliphatic rings. The van der Waals surface area contributed by atoms with Crippen LogP contribution in [0.1, 0.15) is 32.6 Å². The second-order valence-electron chi connectivity index (χ2n) is 5.51. The Morgan fingerprint density at radius 2 is 1.77 bits per heavy atom. The molecule has 0 spiro atoms. The highest BCUT2D eigenvalue weighted by Crippen LogP contribution is 2.29. The number of H-pyrrole nitrogens is 1. The molecule has 1 N–H and O–H groups in total. The van der Waals surface area contributed by atoms with Gasteiger partial charge in [0.1, 0.15) is 11.6 Å². The molecular weight excluding hydrogens is 272 g/mol. The van der Waals surface area contributed by atoms with Crippen LogP contribution in [0.2, 0.25) is 0 Å². The fourth-order valence-corrected chi connectivity index (χ4v) is 2.58. The first-order chi connectivity index (χ1) is 10.9. The first-order valence-corrected chi connectivity index (χ1v) is 8.05. The first-order valence-electron chi connectivity index (χ1n) is 8.05. The molecule has 0 unspecified atom stereocenters. The summed E-state index contributed by atoms with van der Waals surface area (Å²) in [5.74, 6) is 1.77. The van der Waals surface area contributed by atoms with Crippen LogP contribution in [0, 0.1) is 0 Å². The van der Waals surface area contributed by atoms with Gasteiger partial charge in [0.15, 0.2) is 0 Å². The van der Waals surface area contributed by atoms with E-state index in [4.69, 9.17) is 4.74 Å². The van der Waals surface area contributed by atoms with E-state index in [1.165, 1.54) is 19.3 Å². The molecule has 0 fully saturated rings. The van der Waals surface area contributed by atoms with E-state index in [9.17, 15) is 0 Å². The highest BCUT2D eigenvalue weighted by atomic mass is 16.5. The lowest BCUT2D eigenvalue weighted by atomic mass is 10.2. The number of unbranched alkanes of at least 4 members (excludes halogenated alkanes) is 3. The number of imidazole rings is 1. The van der Waals surface area contributed by atoms with Crippen molar-refractivity contribution in [3.8, 4) is 17.1 Å². The predicted octanol–water partition coefficient (Wildman–Crippen LogP) is 5.19. The van der Waals surface area contributed by atoms with E-state index in [2.05, 4.69) is 23.0 Å². The molecule has 0 radical (unpaired) electrons. The fourth-order valence-electron chi connectivity index (χ4n) is 2.58. The number of aromatic nitrogens is 2. The van der Waals surface area contributed by atoms with E-state index >= 15 is 0 Å². The number of para-hydroxylation sites is 3. The molecule has 2 aromatic carbocycles. The maximum atomic E-state index is 5.97. The molecule has 1 aromatic heterocycles. The molecule has 3 rings (SSSR count). The topological polar surface area (TPSA) is 37.9 Å². The third-order valence-electron chi connectivity index (χ3n) is 3.79. The SMILES string of the molecule is CCCCCCOc1ccccc1-c1nc2ccccc2[nH]1. The molecule has 0 saturated carbocycles. The van der Waals surface area contributed by atoms with Gasteiger partial charge in [-0.2, -0.15) is 0 Å². The van der Waals surface area contributed by atoms with Gasteiger partial charge >= 0.3 is 0 Å². The first kappa shape index (κ1) is 14.6.